The summed E-state index contributed by atoms with van der Waals surface area (Å²) in [5, 5.41) is 22.9. The predicted molar refractivity (Wildman–Crippen MR) is 89.6 cm³/mol. The van der Waals surface area contributed by atoms with E-state index in [1.807, 2.05) is 11.4 Å². The molecule has 7 nitrogen and oxygen atoms in total. The Hall–Kier alpha value is -3.44. The number of aromatic carboxylic acids is 1. The van der Waals surface area contributed by atoms with Gasteiger partial charge in [0.2, 0.25) is 5.95 Å². The molecule has 8 heteroatoms. The lowest BCUT2D eigenvalue weighted by Crippen LogP contribution is -2.16. The summed E-state index contributed by atoms with van der Waals surface area (Å²) in [7, 11) is 0. The third kappa shape index (κ3) is 3.02. The molecule has 3 aromatic rings. The zero-order valence-electron chi connectivity index (χ0n) is 12.1. The molecule has 2 heterocycles. The topological polar surface area (TPSA) is 119 Å². The van der Waals surface area contributed by atoms with E-state index in [0.717, 1.165) is 0 Å². The van der Waals surface area contributed by atoms with Crippen LogP contribution in [0.15, 0.2) is 46.6 Å². The van der Waals surface area contributed by atoms with Gasteiger partial charge in [-0.15, -0.1) is 11.3 Å². The summed E-state index contributed by atoms with van der Waals surface area (Å²) in [6, 6.07) is 11.5. The van der Waals surface area contributed by atoms with Gasteiger partial charge in [-0.25, -0.2) is 9.78 Å². The summed E-state index contributed by atoms with van der Waals surface area (Å²) in [6.07, 6.45) is 0. The van der Waals surface area contributed by atoms with Gasteiger partial charge in [0.1, 0.15) is 17.3 Å². The number of hydrogen-bond donors (Lipinski definition) is 3. The number of carboxylic acids is 1. The maximum atomic E-state index is 12.1. The van der Waals surface area contributed by atoms with Gasteiger partial charge in [0, 0.05) is 5.69 Å². The smallest absolute Gasteiger partial charge is 0.335 e. The number of aromatic amines is 1. The summed E-state index contributed by atoms with van der Waals surface area (Å²) in [4.78, 5) is 30.6. The molecule has 2 aromatic heterocycles. The second-order valence-corrected chi connectivity index (χ2v) is 5.69. The van der Waals surface area contributed by atoms with Gasteiger partial charge in [0.15, 0.2) is 0 Å². The molecule has 0 radical (unpaired) electrons. The van der Waals surface area contributed by atoms with Gasteiger partial charge in [0.25, 0.3) is 5.56 Å². The second kappa shape index (κ2) is 6.36. The fraction of sp³-hybridized carbons (Fsp3) is 0. The van der Waals surface area contributed by atoms with E-state index in [-0.39, 0.29) is 22.8 Å². The Balaban J connectivity index is 2.04. The zero-order chi connectivity index (χ0) is 17.1. The first kappa shape index (κ1) is 15.5. The number of anilines is 2. The molecule has 1 aromatic carbocycles. The number of nitriles is 1. The van der Waals surface area contributed by atoms with E-state index < -0.39 is 11.5 Å². The largest absolute Gasteiger partial charge is 0.478 e. The number of benzene rings is 1. The normalized spacial score (nSPS) is 10.1. The molecule has 0 atom stereocenters. The molecular weight excluding hydrogens is 328 g/mol. The van der Waals surface area contributed by atoms with Crippen molar-refractivity contribution in [3.8, 4) is 16.6 Å². The van der Waals surface area contributed by atoms with Gasteiger partial charge in [-0.2, -0.15) is 5.26 Å². The van der Waals surface area contributed by atoms with Crippen LogP contribution < -0.4 is 10.9 Å². The van der Waals surface area contributed by atoms with Crippen LogP contribution in [0.1, 0.15) is 15.9 Å². The Kier molecular flexibility index (Phi) is 4.09. The molecular formula is C16H10N4O3S. The minimum Gasteiger partial charge on any atom is -0.478 e. The van der Waals surface area contributed by atoms with Crippen LogP contribution in [0.25, 0.3) is 10.6 Å². The maximum absolute atomic E-state index is 12.1. The van der Waals surface area contributed by atoms with Crippen molar-refractivity contribution in [1.82, 2.24) is 9.97 Å². The van der Waals surface area contributed by atoms with Crippen LogP contribution in [-0.4, -0.2) is 21.0 Å². The lowest BCUT2D eigenvalue weighted by Gasteiger charge is -2.08. The number of thiophene rings is 1. The molecule has 3 N–H and O–H groups in total. The van der Waals surface area contributed by atoms with Crippen molar-refractivity contribution in [2.24, 2.45) is 0 Å². The first-order valence-electron chi connectivity index (χ1n) is 6.77. The molecule has 0 spiro atoms. The number of H-pyrrole nitrogens is 1. The first-order chi connectivity index (χ1) is 11.6. The third-order valence-electron chi connectivity index (χ3n) is 3.16. The standard InChI is InChI=1S/C16H10N4O3S/c17-8-11-13(12-5-2-6-24-12)19-16(20-14(11)21)18-10-4-1-3-9(7-10)15(22)23/h1-7H,(H,22,23)(H2,18,19,20,21). The molecule has 0 bridgehead atoms. The summed E-state index contributed by atoms with van der Waals surface area (Å²) in [5.74, 6) is -0.927. The number of aromatic nitrogens is 2. The SMILES string of the molecule is N#Cc1c(-c2cccs2)nc(Nc2cccc(C(=O)O)c2)[nH]c1=O. The van der Waals surface area contributed by atoms with Crippen LogP contribution in [0.3, 0.4) is 0 Å². The molecule has 0 saturated carbocycles. The highest BCUT2D eigenvalue weighted by Crippen LogP contribution is 2.25. The van der Waals surface area contributed by atoms with Gasteiger partial charge < -0.3 is 10.4 Å². The highest BCUT2D eigenvalue weighted by Gasteiger charge is 2.14. The number of carboxylic acid groups (broad SMARTS) is 1. The highest BCUT2D eigenvalue weighted by atomic mass is 32.1. The molecule has 24 heavy (non-hydrogen) atoms. The average molecular weight is 338 g/mol. The zero-order valence-corrected chi connectivity index (χ0v) is 12.9. The minimum atomic E-state index is -1.06. The number of nitrogens with one attached hydrogen (secondary N) is 2. The molecule has 0 aliphatic rings. The lowest BCUT2D eigenvalue weighted by atomic mass is 10.2. The predicted octanol–water partition coefficient (Wildman–Crippen LogP) is 2.81. The van der Waals surface area contributed by atoms with E-state index in [2.05, 4.69) is 15.3 Å². The van der Waals surface area contributed by atoms with E-state index >= 15 is 0 Å². The van der Waals surface area contributed by atoms with Crippen molar-refractivity contribution in [3.05, 3.63) is 63.3 Å². The molecule has 0 fully saturated rings. The lowest BCUT2D eigenvalue weighted by molar-refractivity contribution is 0.0697. The van der Waals surface area contributed by atoms with Gasteiger partial charge in [-0.05, 0) is 29.6 Å². The molecule has 3 rings (SSSR count). The quantitative estimate of drug-likeness (QED) is 0.673. The molecule has 0 aliphatic heterocycles. The van der Waals surface area contributed by atoms with Crippen molar-refractivity contribution in [1.29, 1.82) is 5.26 Å². The van der Waals surface area contributed by atoms with E-state index in [9.17, 15) is 14.9 Å². The van der Waals surface area contributed by atoms with Crippen LogP contribution in [-0.2, 0) is 0 Å². The number of carbonyl (C=O) groups is 1. The Labute approximate surface area is 139 Å². The fourth-order valence-corrected chi connectivity index (χ4v) is 2.81. The number of rotatable bonds is 4. The van der Waals surface area contributed by atoms with Crippen LogP contribution in [0.4, 0.5) is 11.6 Å². The molecule has 0 aliphatic carbocycles. The Bertz CT molecular complexity index is 1000. The Morgan fingerprint density at radius 3 is 2.83 bits per heavy atom. The fourth-order valence-electron chi connectivity index (χ4n) is 2.09. The van der Waals surface area contributed by atoms with Crippen molar-refractivity contribution in [2.75, 3.05) is 5.32 Å². The second-order valence-electron chi connectivity index (χ2n) is 4.74. The molecule has 0 saturated heterocycles. The first-order valence-corrected chi connectivity index (χ1v) is 7.65. The van der Waals surface area contributed by atoms with Gasteiger partial charge in [-0.3, -0.25) is 9.78 Å². The number of hydrogen-bond acceptors (Lipinski definition) is 6. The monoisotopic (exact) mass is 338 g/mol. The van der Waals surface area contributed by atoms with E-state index in [4.69, 9.17) is 5.11 Å². The molecule has 0 unspecified atom stereocenters. The van der Waals surface area contributed by atoms with Crippen LogP contribution in [0, 0.1) is 11.3 Å². The Morgan fingerprint density at radius 1 is 1.33 bits per heavy atom. The third-order valence-corrected chi connectivity index (χ3v) is 4.03. The van der Waals surface area contributed by atoms with Gasteiger partial charge in [-0.1, -0.05) is 12.1 Å². The number of nitrogens with zero attached hydrogens (tertiary/aromatic N) is 2. The summed E-state index contributed by atoms with van der Waals surface area (Å²) < 4.78 is 0. The Morgan fingerprint density at radius 2 is 2.17 bits per heavy atom. The van der Waals surface area contributed by atoms with Crippen molar-refractivity contribution in [3.63, 3.8) is 0 Å². The van der Waals surface area contributed by atoms with Gasteiger partial charge in [0.05, 0.1) is 10.4 Å². The molecule has 118 valence electrons. The summed E-state index contributed by atoms with van der Waals surface area (Å²) >= 11 is 1.36. The van der Waals surface area contributed by atoms with E-state index in [0.29, 0.717) is 10.6 Å². The maximum Gasteiger partial charge on any atom is 0.335 e. The average Bonchev–Trinajstić information content (AvgIpc) is 3.09. The molecule has 0 amide bonds. The summed E-state index contributed by atoms with van der Waals surface area (Å²) in [6.45, 7) is 0. The summed E-state index contributed by atoms with van der Waals surface area (Å²) in [5.41, 5.74) is 0.220. The van der Waals surface area contributed by atoms with E-state index in [1.54, 1.807) is 24.3 Å². The van der Waals surface area contributed by atoms with E-state index in [1.165, 1.54) is 23.5 Å². The van der Waals surface area contributed by atoms with Crippen LogP contribution >= 0.6 is 11.3 Å². The van der Waals surface area contributed by atoms with Crippen LogP contribution in [0.2, 0.25) is 0 Å². The minimum absolute atomic E-state index is 0.0673. The highest BCUT2D eigenvalue weighted by molar-refractivity contribution is 7.13. The van der Waals surface area contributed by atoms with Gasteiger partial charge >= 0.3 is 5.97 Å². The van der Waals surface area contributed by atoms with Crippen molar-refractivity contribution >= 4 is 28.9 Å². The van der Waals surface area contributed by atoms with Crippen molar-refractivity contribution < 1.29 is 9.90 Å². The van der Waals surface area contributed by atoms with Crippen molar-refractivity contribution in [2.45, 2.75) is 0 Å². The van der Waals surface area contributed by atoms with Crippen LogP contribution in [0.5, 0.6) is 0 Å².